The first-order chi connectivity index (χ1) is 7.13. The number of carboxylic acid groups (broad SMARTS) is 1. The van der Waals surface area contributed by atoms with Crippen molar-refractivity contribution in [1.29, 1.82) is 0 Å². The van der Waals surface area contributed by atoms with Crippen LogP contribution >= 0.6 is 11.3 Å². The Morgan fingerprint density at radius 3 is 2.87 bits per heavy atom. The number of hydrogen-bond acceptors (Lipinski definition) is 5. The molecule has 0 aliphatic carbocycles. The number of aromatic nitrogens is 1. The van der Waals surface area contributed by atoms with Crippen LogP contribution in [0.2, 0.25) is 0 Å². The lowest BCUT2D eigenvalue weighted by Gasteiger charge is -2.01. The SMILES string of the molecule is CCNC(=O)CNc1ncc(C(=O)O)s1. The van der Waals surface area contributed by atoms with Crippen LogP contribution in [0.4, 0.5) is 5.13 Å². The number of anilines is 1. The van der Waals surface area contributed by atoms with Gasteiger partial charge in [-0.1, -0.05) is 11.3 Å². The summed E-state index contributed by atoms with van der Waals surface area (Å²) in [6, 6.07) is 0. The zero-order chi connectivity index (χ0) is 11.3. The number of nitrogens with zero attached hydrogens (tertiary/aromatic N) is 1. The Kier molecular flexibility index (Phi) is 4.04. The second-order valence-electron chi connectivity index (χ2n) is 2.64. The molecular weight excluding hydrogens is 218 g/mol. The molecule has 0 bridgehead atoms. The Hall–Kier alpha value is -1.63. The molecule has 15 heavy (non-hydrogen) atoms. The molecule has 0 radical (unpaired) electrons. The van der Waals surface area contributed by atoms with Crippen LogP contribution in [0.3, 0.4) is 0 Å². The summed E-state index contributed by atoms with van der Waals surface area (Å²) in [6.45, 7) is 2.49. The summed E-state index contributed by atoms with van der Waals surface area (Å²) >= 11 is 0.999. The standard InChI is InChI=1S/C8H11N3O3S/c1-2-9-6(12)4-11-8-10-3-5(15-8)7(13)14/h3H,2,4H2,1H3,(H,9,12)(H,10,11)(H,13,14). The minimum Gasteiger partial charge on any atom is -0.477 e. The summed E-state index contributed by atoms with van der Waals surface area (Å²) in [7, 11) is 0. The van der Waals surface area contributed by atoms with E-state index in [1.807, 2.05) is 6.92 Å². The lowest BCUT2D eigenvalue weighted by atomic mass is 10.5. The van der Waals surface area contributed by atoms with Crippen molar-refractivity contribution in [2.75, 3.05) is 18.4 Å². The number of carbonyl (C=O) groups is 2. The molecule has 1 amide bonds. The molecule has 1 heterocycles. The summed E-state index contributed by atoms with van der Waals surface area (Å²) in [5, 5.41) is 14.4. The monoisotopic (exact) mass is 229 g/mol. The van der Waals surface area contributed by atoms with Crippen LogP contribution < -0.4 is 10.6 Å². The molecule has 0 aliphatic rings. The Morgan fingerprint density at radius 2 is 2.33 bits per heavy atom. The molecule has 7 heteroatoms. The van der Waals surface area contributed by atoms with Gasteiger partial charge in [-0.2, -0.15) is 0 Å². The predicted molar refractivity (Wildman–Crippen MR) is 56.2 cm³/mol. The van der Waals surface area contributed by atoms with Crippen molar-refractivity contribution in [3.63, 3.8) is 0 Å². The maximum Gasteiger partial charge on any atom is 0.347 e. The predicted octanol–water partition coefficient (Wildman–Crippen LogP) is 0.389. The van der Waals surface area contributed by atoms with Gasteiger partial charge in [0, 0.05) is 6.54 Å². The Balaban J connectivity index is 2.44. The molecule has 0 aromatic carbocycles. The molecule has 0 unspecified atom stereocenters. The number of hydrogen-bond donors (Lipinski definition) is 3. The normalized spacial score (nSPS) is 9.67. The van der Waals surface area contributed by atoms with Crippen molar-refractivity contribution in [2.24, 2.45) is 0 Å². The first kappa shape index (κ1) is 11.4. The molecule has 1 rings (SSSR count). The highest BCUT2D eigenvalue weighted by Crippen LogP contribution is 2.17. The number of carboxylic acids is 1. The number of nitrogens with one attached hydrogen (secondary N) is 2. The van der Waals surface area contributed by atoms with Crippen molar-refractivity contribution in [3.8, 4) is 0 Å². The number of rotatable bonds is 5. The van der Waals surface area contributed by atoms with Gasteiger partial charge in [0.25, 0.3) is 0 Å². The number of thiazole rings is 1. The highest BCUT2D eigenvalue weighted by molar-refractivity contribution is 7.17. The van der Waals surface area contributed by atoms with Crippen molar-refractivity contribution in [2.45, 2.75) is 6.92 Å². The van der Waals surface area contributed by atoms with E-state index in [1.165, 1.54) is 6.20 Å². The summed E-state index contributed by atoms with van der Waals surface area (Å²) in [5.74, 6) is -1.16. The van der Waals surface area contributed by atoms with E-state index in [1.54, 1.807) is 0 Å². The molecule has 0 fully saturated rings. The van der Waals surface area contributed by atoms with Gasteiger partial charge >= 0.3 is 5.97 Å². The third kappa shape index (κ3) is 3.55. The zero-order valence-electron chi connectivity index (χ0n) is 8.11. The quantitative estimate of drug-likeness (QED) is 0.679. The van der Waals surface area contributed by atoms with E-state index in [0.29, 0.717) is 11.7 Å². The molecular formula is C8H11N3O3S. The van der Waals surface area contributed by atoms with E-state index in [0.717, 1.165) is 11.3 Å². The maximum atomic E-state index is 11.0. The molecule has 82 valence electrons. The van der Waals surface area contributed by atoms with Crippen LogP contribution in [-0.4, -0.2) is 35.1 Å². The lowest BCUT2D eigenvalue weighted by molar-refractivity contribution is -0.119. The van der Waals surface area contributed by atoms with E-state index >= 15 is 0 Å². The van der Waals surface area contributed by atoms with E-state index in [2.05, 4.69) is 15.6 Å². The Labute approximate surface area is 90.3 Å². The van der Waals surface area contributed by atoms with Crippen molar-refractivity contribution in [1.82, 2.24) is 10.3 Å². The fourth-order valence-corrected chi connectivity index (χ4v) is 1.52. The maximum absolute atomic E-state index is 11.0. The van der Waals surface area contributed by atoms with E-state index in [9.17, 15) is 9.59 Å². The molecule has 3 N–H and O–H groups in total. The van der Waals surface area contributed by atoms with E-state index < -0.39 is 5.97 Å². The summed E-state index contributed by atoms with van der Waals surface area (Å²) in [6.07, 6.45) is 1.26. The fraction of sp³-hybridized carbons (Fsp3) is 0.375. The molecule has 0 spiro atoms. The summed E-state index contributed by atoms with van der Waals surface area (Å²) in [4.78, 5) is 25.5. The second-order valence-corrected chi connectivity index (χ2v) is 3.67. The minimum absolute atomic E-state index is 0.0976. The molecule has 0 saturated heterocycles. The molecule has 1 aromatic rings. The van der Waals surface area contributed by atoms with Gasteiger partial charge in [-0.05, 0) is 6.92 Å². The van der Waals surface area contributed by atoms with Crippen molar-refractivity contribution >= 4 is 28.3 Å². The van der Waals surface area contributed by atoms with Gasteiger partial charge in [0.15, 0.2) is 5.13 Å². The minimum atomic E-state index is -1.02. The van der Waals surface area contributed by atoms with Crippen LogP contribution in [0.1, 0.15) is 16.6 Å². The zero-order valence-corrected chi connectivity index (χ0v) is 8.93. The van der Waals surface area contributed by atoms with Gasteiger partial charge in [0.1, 0.15) is 4.88 Å². The van der Waals surface area contributed by atoms with Crippen LogP contribution in [0.15, 0.2) is 6.20 Å². The highest BCUT2D eigenvalue weighted by atomic mass is 32.1. The largest absolute Gasteiger partial charge is 0.477 e. The Morgan fingerprint density at radius 1 is 1.60 bits per heavy atom. The number of aromatic carboxylic acids is 1. The second kappa shape index (κ2) is 5.30. The molecule has 6 nitrogen and oxygen atoms in total. The van der Waals surface area contributed by atoms with E-state index in [4.69, 9.17) is 5.11 Å². The molecule has 0 saturated carbocycles. The average molecular weight is 229 g/mol. The first-order valence-electron chi connectivity index (χ1n) is 4.33. The fourth-order valence-electron chi connectivity index (χ4n) is 0.870. The molecule has 0 atom stereocenters. The first-order valence-corrected chi connectivity index (χ1v) is 5.14. The van der Waals surface area contributed by atoms with Gasteiger partial charge in [-0.3, -0.25) is 4.79 Å². The highest BCUT2D eigenvalue weighted by Gasteiger charge is 2.08. The van der Waals surface area contributed by atoms with Gasteiger partial charge < -0.3 is 15.7 Å². The number of amides is 1. The van der Waals surface area contributed by atoms with Crippen molar-refractivity contribution < 1.29 is 14.7 Å². The van der Waals surface area contributed by atoms with Crippen LogP contribution in [0.25, 0.3) is 0 Å². The smallest absolute Gasteiger partial charge is 0.347 e. The summed E-state index contributed by atoms with van der Waals surface area (Å²) in [5.41, 5.74) is 0. The van der Waals surface area contributed by atoms with Crippen LogP contribution in [0, 0.1) is 0 Å². The molecule has 1 aromatic heterocycles. The van der Waals surface area contributed by atoms with Gasteiger partial charge in [0.05, 0.1) is 12.7 Å². The van der Waals surface area contributed by atoms with Gasteiger partial charge in [-0.25, -0.2) is 9.78 Å². The molecule has 0 aliphatic heterocycles. The van der Waals surface area contributed by atoms with Gasteiger partial charge in [-0.15, -0.1) is 0 Å². The topological polar surface area (TPSA) is 91.3 Å². The Bertz CT molecular complexity index is 364. The summed E-state index contributed by atoms with van der Waals surface area (Å²) < 4.78 is 0. The lowest BCUT2D eigenvalue weighted by Crippen LogP contribution is -2.29. The third-order valence-corrected chi connectivity index (χ3v) is 2.43. The van der Waals surface area contributed by atoms with Crippen molar-refractivity contribution in [3.05, 3.63) is 11.1 Å². The van der Waals surface area contributed by atoms with Crippen LogP contribution in [0.5, 0.6) is 0 Å². The number of likely N-dealkylation sites (N-methyl/N-ethyl adjacent to an activating group) is 1. The van der Waals surface area contributed by atoms with E-state index in [-0.39, 0.29) is 17.3 Å². The average Bonchev–Trinajstić information content (AvgIpc) is 2.63. The van der Waals surface area contributed by atoms with Gasteiger partial charge in [0.2, 0.25) is 5.91 Å². The number of carbonyl (C=O) groups excluding carboxylic acids is 1. The van der Waals surface area contributed by atoms with Crippen LogP contribution in [-0.2, 0) is 4.79 Å². The third-order valence-electron chi connectivity index (χ3n) is 1.49.